The van der Waals surface area contributed by atoms with Crippen LogP contribution in [0.25, 0.3) is 0 Å². The number of benzene rings is 1. The van der Waals surface area contributed by atoms with Gasteiger partial charge in [0.15, 0.2) is 0 Å². The molecule has 0 amide bonds. The van der Waals surface area contributed by atoms with E-state index in [1.54, 1.807) is 14.0 Å². The molecule has 6 heteroatoms. The van der Waals surface area contributed by atoms with Crippen LogP contribution in [-0.2, 0) is 4.74 Å². The SMILES string of the molecule is CNc1snc(C)c1C(=O)OCCOc1ccccc1. The maximum Gasteiger partial charge on any atom is 0.343 e. The van der Waals surface area contributed by atoms with Gasteiger partial charge in [-0.2, -0.15) is 4.37 Å². The molecular weight excluding hydrogens is 276 g/mol. The third-order valence-corrected chi connectivity index (χ3v) is 3.58. The molecule has 0 fully saturated rings. The lowest BCUT2D eigenvalue weighted by Crippen LogP contribution is -2.13. The zero-order valence-corrected chi connectivity index (χ0v) is 12.2. The van der Waals surface area contributed by atoms with Crippen molar-refractivity contribution in [2.45, 2.75) is 6.92 Å². The number of hydrogen-bond acceptors (Lipinski definition) is 6. The van der Waals surface area contributed by atoms with Crippen LogP contribution in [0.1, 0.15) is 16.1 Å². The van der Waals surface area contributed by atoms with E-state index in [9.17, 15) is 4.79 Å². The Kier molecular flexibility index (Phi) is 4.95. The summed E-state index contributed by atoms with van der Waals surface area (Å²) in [6.45, 7) is 2.31. The fourth-order valence-electron chi connectivity index (χ4n) is 1.66. The van der Waals surface area contributed by atoms with Gasteiger partial charge in [-0.15, -0.1) is 0 Å². The average Bonchev–Trinajstić information content (AvgIpc) is 2.85. The van der Waals surface area contributed by atoms with Gasteiger partial charge in [0.1, 0.15) is 29.5 Å². The van der Waals surface area contributed by atoms with E-state index in [2.05, 4.69) is 9.69 Å². The number of nitrogens with zero attached hydrogens (tertiary/aromatic N) is 1. The van der Waals surface area contributed by atoms with Gasteiger partial charge >= 0.3 is 5.97 Å². The number of hydrogen-bond donors (Lipinski definition) is 1. The molecule has 106 valence electrons. The molecule has 0 saturated carbocycles. The molecule has 0 aliphatic heterocycles. The molecule has 0 atom stereocenters. The van der Waals surface area contributed by atoms with Crippen LogP contribution < -0.4 is 10.1 Å². The number of nitrogens with one attached hydrogen (secondary N) is 1. The minimum Gasteiger partial charge on any atom is -0.490 e. The quantitative estimate of drug-likeness (QED) is 0.655. The van der Waals surface area contributed by atoms with E-state index in [1.807, 2.05) is 30.3 Å². The summed E-state index contributed by atoms with van der Waals surface area (Å²) >= 11 is 1.25. The predicted octanol–water partition coefficient (Wildman–Crippen LogP) is 2.73. The van der Waals surface area contributed by atoms with Crippen molar-refractivity contribution in [3.63, 3.8) is 0 Å². The lowest BCUT2D eigenvalue weighted by molar-refractivity contribution is 0.0451. The van der Waals surface area contributed by atoms with Gasteiger partial charge in [0.25, 0.3) is 0 Å². The maximum absolute atomic E-state index is 12.0. The van der Waals surface area contributed by atoms with E-state index >= 15 is 0 Å². The summed E-state index contributed by atoms with van der Waals surface area (Å²) in [5, 5.41) is 3.66. The van der Waals surface area contributed by atoms with Gasteiger partial charge in [0.05, 0.1) is 5.69 Å². The molecule has 1 aromatic heterocycles. The Morgan fingerprint density at radius 2 is 2.05 bits per heavy atom. The van der Waals surface area contributed by atoms with Crippen LogP contribution in [0.5, 0.6) is 5.75 Å². The van der Waals surface area contributed by atoms with Gasteiger partial charge < -0.3 is 14.8 Å². The predicted molar refractivity (Wildman–Crippen MR) is 78.6 cm³/mol. The summed E-state index contributed by atoms with van der Waals surface area (Å²) in [5.41, 5.74) is 1.17. The molecule has 0 radical (unpaired) electrons. The third-order valence-electron chi connectivity index (χ3n) is 2.62. The van der Waals surface area contributed by atoms with Crippen LogP contribution in [0.3, 0.4) is 0 Å². The van der Waals surface area contributed by atoms with Crippen molar-refractivity contribution >= 4 is 22.5 Å². The summed E-state index contributed by atoms with van der Waals surface area (Å²) in [6, 6.07) is 9.40. The second kappa shape index (κ2) is 6.91. The molecule has 1 heterocycles. The topological polar surface area (TPSA) is 60.5 Å². The fourth-order valence-corrected chi connectivity index (χ4v) is 2.40. The summed E-state index contributed by atoms with van der Waals surface area (Å²) in [7, 11) is 1.75. The number of aryl methyl sites for hydroxylation is 1. The van der Waals surface area contributed by atoms with Crippen LogP contribution in [-0.4, -0.2) is 30.6 Å². The van der Waals surface area contributed by atoms with Gasteiger partial charge in [-0.25, -0.2) is 4.79 Å². The molecule has 0 bridgehead atoms. The Morgan fingerprint density at radius 1 is 1.30 bits per heavy atom. The van der Waals surface area contributed by atoms with Crippen LogP contribution in [0, 0.1) is 6.92 Å². The molecule has 20 heavy (non-hydrogen) atoms. The molecule has 0 spiro atoms. The number of aromatic nitrogens is 1. The molecule has 5 nitrogen and oxygen atoms in total. The minimum absolute atomic E-state index is 0.201. The molecule has 0 saturated heterocycles. The van der Waals surface area contributed by atoms with Gasteiger partial charge in [0.2, 0.25) is 0 Å². The molecule has 0 aliphatic rings. The number of ether oxygens (including phenoxy) is 2. The smallest absolute Gasteiger partial charge is 0.343 e. The van der Waals surface area contributed by atoms with Crippen LogP contribution in [0.2, 0.25) is 0 Å². The molecular formula is C14H16N2O3S. The zero-order valence-electron chi connectivity index (χ0n) is 11.4. The minimum atomic E-state index is -0.378. The zero-order chi connectivity index (χ0) is 14.4. The number of carbonyl (C=O) groups is 1. The Labute approximate surface area is 121 Å². The number of carbonyl (C=O) groups excluding carboxylic acids is 1. The molecule has 1 aromatic carbocycles. The normalized spacial score (nSPS) is 10.1. The highest BCUT2D eigenvalue weighted by Crippen LogP contribution is 2.24. The summed E-state index contributed by atoms with van der Waals surface area (Å²) in [4.78, 5) is 12.0. The fraction of sp³-hybridized carbons (Fsp3) is 0.286. The Balaban J connectivity index is 1.82. The molecule has 0 aliphatic carbocycles. The first-order valence-corrected chi connectivity index (χ1v) is 6.98. The van der Waals surface area contributed by atoms with Gasteiger partial charge in [-0.3, -0.25) is 0 Å². The highest BCUT2D eigenvalue weighted by molar-refractivity contribution is 7.10. The monoisotopic (exact) mass is 292 g/mol. The number of para-hydroxylation sites is 1. The third kappa shape index (κ3) is 3.48. The van der Waals surface area contributed by atoms with Crippen molar-refractivity contribution < 1.29 is 14.3 Å². The van der Waals surface area contributed by atoms with E-state index in [-0.39, 0.29) is 12.6 Å². The Hall–Kier alpha value is -2.08. The lowest BCUT2D eigenvalue weighted by Gasteiger charge is -2.07. The van der Waals surface area contributed by atoms with Gasteiger partial charge in [-0.05, 0) is 30.6 Å². The van der Waals surface area contributed by atoms with E-state index in [4.69, 9.17) is 9.47 Å². The highest BCUT2D eigenvalue weighted by atomic mass is 32.1. The van der Waals surface area contributed by atoms with Gasteiger partial charge in [0, 0.05) is 7.05 Å². The Bertz CT molecular complexity index is 569. The second-order valence-corrected chi connectivity index (χ2v) is 4.79. The van der Waals surface area contributed by atoms with Crippen LogP contribution in [0.4, 0.5) is 5.00 Å². The lowest BCUT2D eigenvalue weighted by atomic mass is 10.2. The summed E-state index contributed by atoms with van der Waals surface area (Å²) in [5.74, 6) is 0.380. The summed E-state index contributed by atoms with van der Waals surface area (Å²) in [6.07, 6.45) is 0. The maximum atomic E-state index is 12.0. The molecule has 2 aromatic rings. The first-order valence-electron chi connectivity index (χ1n) is 6.21. The Morgan fingerprint density at radius 3 is 2.75 bits per heavy atom. The summed E-state index contributed by atoms with van der Waals surface area (Å²) < 4.78 is 14.8. The number of rotatable bonds is 6. The standard InChI is InChI=1S/C14H16N2O3S/c1-10-12(13(15-2)20-16-10)14(17)19-9-8-18-11-6-4-3-5-7-11/h3-7,15H,8-9H2,1-2H3. The molecule has 0 unspecified atom stereocenters. The van der Waals surface area contributed by atoms with Crippen molar-refractivity contribution in [3.8, 4) is 5.75 Å². The van der Waals surface area contributed by atoms with E-state index in [0.717, 1.165) is 10.8 Å². The first kappa shape index (κ1) is 14.3. The number of esters is 1. The van der Waals surface area contributed by atoms with E-state index in [1.165, 1.54) is 11.5 Å². The number of anilines is 1. The average molecular weight is 292 g/mol. The van der Waals surface area contributed by atoms with Crippen molar-refractivity contribution in [2.24, 2.45) is 0 Å². The van der Waals surface area contributed by atoms with Gasteiger partial charge in [-0.1, -0.05) is 18.2 Å². The van der Waals surface area contributed by atoms with E-state index in [0.29, 0.717) is 17.9 Å². The largest absolute Gasteiger partial charge is 0.490 e. The second-order valence-electron chi connectivity index (χ2n) is 4.02. The highest BCUT2D eigenvalue weighted by Gasteiger charge is 2.18. The first-order chi connectivity index (χ1) is 9.72. The van der Waals surface area contributed by atoms with Crippen molar-refractivity contribution in [1.82, 2.24) is 4.37 Å². The van der Waals surface area contributed by atoms with Crippen molar-refractivity contribution in [2.75, 3.05) is 25.6 Å². The van der Waals surface area contributed by atoms with E-state index < -0.39 is 0 Å². The van der Waals surface area contributed by atoms with Crippen LogP contribution in [0.15, 0.2) is 30.3 Å². The molecule has 2 rings (SSSR count). The molecule has 1 N–H and O–H groups in total. The van der Waals surface area contributed by atoms with Crippen molar-refractivity contribution in [3.05, 3.63) is 41.6 Å². The van der Waals surface area contributed by atoms with Crippen LogP contribution >= 0.6 is 11.5 Å². The van der Waals surface area contributed by atoms with Crippen molar-refractivity contribution in [1.29, 1.82) is 0 Å².